The molecule has 1 heterocycles. The zero-order valence-corrected chi connectivity index (χ0v) is 13.2. The molecule has 2 aromatic carbocycles. The molecule has 1 N–H and O–H groups in total. The summed E-state index contributed by atoms with van der Waals surface area (Å²) in [7, 11) is 0. The molecule has 1 unspecified atom stereocenters. The highest BCUT2D eigenvalue weighted by atomic mass is 19.1. The molecule has 3 rings (SSSR count). The molecule has 0 radical (unpaired) electrons. The first-order valence-corrected chi connectivity index (χ1v) is 7.76. The van der Waals surface area contributed by atoms with Crippen molar-refractivity contribution in [1.29, 1.82) is 5.26 Å². The minimum absolute atomic E-state index is 0.171. The van der Waals surface area contributed by atoms with Crippen molar-refractivity contribution in [2.24, 2.45) is 0 Å². The van der Waals surface area contributed by atoms with Crippen LogP contribution in [0.15, 0.2) is 54.6 Å². The van der Waals surface area contributed by atoms with Gasteiger partial charge in [0.1, 0.15) is 18.1 Å². The lowest BCUT2D eigenvalue weighted by atomic mass is 9.69. The number of rotatable bonds is 5. The minimum Gasteiger partial charge on any atom is -0.360 e. The monoisotopic (exact) mass is 338 g/mol. The van der Waals surface area contributed by atoms with Gasteiger partial charge >= 0.3 is 0 Å². The SMILES string of the molecule is N#CC(=O)[C@](C(=O)c1ccccc1)(c1ccccc1F)C1NCCO1. The van der Waals surface area contributed by atoms with E-state index in [1.807, 2.05) is 0 Å². The zero-order valence-electron chi connectivity index (χ0n) is 13.2. The molecule has 5 nitrogen and oxygen atoms in total. The van der Waals surface area contributed by atoms with Gasteiger partial charge in [0.2, 0.25) is 0 Å². The second-order valence-electron chi connectivity index (χ2n) is 5.63. The van der Waals surface area contributed by atoms with Gasteiger partial charge in [-0.2, -0.15) is 5.26 Å². The van der Waals surface area contributed by atoms with Gasteiger partial charge in [0.05, 0.1) is 6.61 Å². The van der Waals surface area contributed by atoms with Gasteiger partial charge < -0.3 is 4.74 Å². The standard InChI is InChI=1S/C19H15FN2O3/c20-15-9-5-4-8-14(15)19(16(23)12-21,18-22-10-11-25-18)17(24)13-6-2-1-3-7-13/h1-9,18,22H,10-11H2/t18?,19-/m0/s1. The summed E-state index contributed by atoms with van der Waals surface area (Å²) in [5, 5.41) is 12.2. The Hall–Kier alpha value is -2.88. The van der Waals surface area contributed by atoms with Gasteiger partial charge in [0.25, 0.3) is 5.78 Å². The number of ketones is 2. The molecule has 0 amide bonds. The van der Waals surface area contributed by atoms with Gasteiger partial charge in [0, 0.05) is 17.7 Å². The van der Waals surface area contributed by atoms with E-state index in [-0.39, 0.29) is 17.7 Å². The lowest BCUT2D eigenvalue weighted by molar-refractivity contribution is -0.122. The number of nitrogens with one attached hydrogen (secondary N) is 1. The Morgan fingerprint density at radius 3 is 2.44 bits per heavy atom. The summed E-state index contributed by atoms with van der Waals surface area (Å²) in [6.45, 7) is 0.642. The maximum atomic E-state index is 14.6. The molecule has 25 heavy (non-hydrogen) atoms. The van der Waals surface area contributed by atoms with Crippen molar-refractivity contribution in [2.45, 2.75) is 11.6 Å². The molecule has 0 bridgehead atoms. The van der Waals surface area contributed by atoms with Gasteiger partial charge in [-0.15, -0.1) is 0 Å². The van der Waals surface area contributed by atoms with Crippen LogP contribution in [0.5, 0.6) is 0 Å². The van der Waals surface area contributed by atoms with Crippen molar-refractivity contribution in [1.82, 2.24) is 5.32 Å². The van der Waals surface area contributed by atoms with E-state index in [2.05, 4.69) is 5.32 Å². The van der Waals surface area contributed by atoms with Gasteiger partial charge in [-0.3, -0.25) is 14.9 Å². The Morgan fingerprint density at radius 1 is 1.16 bits per heavy atom. The first kappa shape index (κ1) is 17.0. The molecule has 0 aliphatic carbocycles. The zero-order chi connectivity index (χ0) is 17.9. The van der Waals surface area contributed by atoms with Crippen LogP contribution in [0, 0.1) is 17.1 Å². The van der Waals surface area contributed by atoms with Crippen LogP contribution in [-0.2, 0) is 14.9 Å². The number of nitrogens with zero attached hydrogens (tertiary/aromatic N) is 1. The predicted octanol–water partition coefficient (Wildman–Crippen LogP) is 1.98. The van der Waals surface area contributed by atoms with E-state index in [0.29, 0.717) is 6.54 Å². The van der Waals surface area contributed by atoms with Crippen LogP contribution in [0.3, 0.4) is 0 Å². The van der Waals surface area contributed by atoms with Crippen LogP contribution in [-0.4, -0.2) is 30.9 Å². The van der Waals surface area contributed by atoms with E-state index in [1.165, 1.54) is 36.4 Å². The summed E-state index contributed by atoms with van der Waals surface area (Å²) >= 11 is 0. The summed E-state index contributed by atoms with van der Waals surface area (Å²) in [5.41, 5.74) is -2.08. The number of carbonyl (C=O) groups excluding carboxylic acids is 2. The van der Waals surface area contributed by atoms with Crippen molar-refractivity contribution in [3.8, 4) is 6.07 Å². The van der Waals surface area contributed by atoms with Crippen LogP contribution in [0.2, 0.25) is 0 Å². The number of nitriles is 1. The lowest BCUT2D eigenvalue weighted by Gasteiger charge is -2.34. The third-order valence-corrected chi connectivity index (χ3v) is 4.26. The second-order valence-corrected chi connectivity index (χ2v) is 5.63. The number of Topliss-reactive ketones (excluding diaryl/α,β-unsaturated/α-hetero) is 2. The number of hydrogen-bond acceptors (Lipinski definition) is 5. The molecule has 2 aromatic rings. The van der Waals surface area contributed by atoms with Crippen LogP contribution in [0.1, 0.15) is 15.9 Å². The van der Waals surface area contributed by atoms with Crippen molar-refractivity contribution < 1.29 is 18.7 Å². The largest absolute Gasteiger partial charge is 0.360 e. The van der Waals surface area contributed by atoms with Crippen molar-refractivity contribution >= 4 is 11.6 Å². The maximum absolute atomic E-state index is 14.6. The van der Waals surface area contributed by atoms with E-state index < -0.39 is 29.0 Å². The highest BCUT2D eigenvalue weighted by Gasteiger charge is 2.56. The third kappa shape index (κ3) is 2.74. The van der Waals surface area contributed by atoms with Crippen molar-refractivity contribution in [3.05, 3.63) is 71.5 Å². The van der Waals surface area contributed by atoms with E-state index >= 15 is 0 Å². The van der Waals surface area contributed by atoms with E-state index in [0.717, 1.165) is 6.07 Å². The van der Waals surface area contributed by atoms with Crippen LogP contribution >= 0.6 is 0 Å². The third-order valence-electron chi connectivity index (χ3n) is 4.26. The van der Waals surface area contributed by atoms with Gasteiger partial charge in [0.15, 0.2) is 11.2 Å². The fraction of sp³-hybridized carbons (Fsp3) is 0.211. The van der Waals surface area contributed by atoms with Gasteiger partial charge in [-0.05, 0) is 6.07 Å². The molecule has 0 spiro atoms. The Labute approximate surface area is 144 Å². The average molecular weight is 338 g/mol. The summed E-state index contributed by atoms with van der Waals surface area (Å²) in [6.07, 6.45) is -1.12. The molecule has 0 saturated carbocycles. The van der Waals surface area contributed by atoms with Gasteiger partial charge in [-0.1, -0.05) is 48.5 Å². The molecule has 2 atom stereocenters. The molecular weight excluding hydrogens is 323 g/mol. The topological polar surface area (TPSA) is 79.2 Å². The Morgan fingerprint density at radius 2 is 1.84 bits per heavy atom. The number of carbonyl (C=O) groups is 2. The summed E-state index contributed by atoms with van der Waals surface area (Å²) in [4.78, 5) is 26.1. The molecule has 1 aliphatic heterocycles. The first-order valence-electron chi connectivity index (χ1n) is 7.76. The second kappa shape index (κ2) is 6.93. The van der Waals surface area contributed by atoms with E-state index in [1.54, 1.807) is 18.2 Å². The molecular formula is C19H15FN2O3. The summed E-state index contributed by atoms with van der Waals surface area (Å²) in [5.74, 6) is -2.48. The number of halogens is 1. The van der Waals surface area contributed by atoms with Crippen LogP contribution < -0.4 is 5.32 Å². The Balaban J connectivity index is 2.29. The Bertz CT molecular complexity index is 841. The van der Waals surface area contributed by atoms with E-state index in [9.17, 15) is 19.2 Å². The van der Waals surface area contributed by atoms with Crippen LogP contribution in [0.25, 0.3) is 0 Å². The normalized spacial score (nSPS) is 19.0. The molecule has 6 heteroatoms. The number of benzene rings is 2. The fourth-order valence-corrected chi connectivity index (χ4v) is 3.12. The highest BCUT2D eigenvalue weighted by molar-refractivity contribution is 6.24. The molecule has 0 aromatic heterocycles. The van der Waals surface area contributed by atoms with E-state index in [4.69, 9.17) is 4.74 Å². The fourth-order valence-electron chi connectivity index (χ4n) is 3.12. The molecule has 126 valence electrons. The molecule has 1 aliphatic rings. The number of hydrogen-bond donors (Lipinski definition) is 1. The Kier molecular flexibility index (Phi) is 4.70. The first-order chi connectivity index (χ1) is 12.1. The van der Waals surface area contributed by atoms with Gasteiger partial charge in [-0.25, -0.2) is 4.39 Å². The summed E-state index contributed by atoms with van der Waals surface area (Å²) < 4.78 is 20.1. The van der Waals surface area contributed by atoms with Crippen molar-refractivity contribution in [3.63, 3.8) is 0 Å². The van der Waals surface area contributed by atoms with Crippen LogP contribution in [0.4, 0.5) is 4.39 Å². The molecule has 1 saturated heterocycles. The average Bonchev–Trinajstić information content (AvgIpc) is 3.19. The lowest BCUT2D eigenvalue weighted by Crippen LogP contribution is -2.57. The minimum atomic E-state index is -2.11. The molecule has 1 fully saturated rings. The quantitative estimate of drug-likeness (QED) is 0.512. The maximum Gasteiger partial charge on any atom is 0.254 e. The number of ether oxygens (including phenoxy) is 1. The van der Waals surface area contributed by atoms with Crippen molar-refractivity contribution in [2.75, 3.05) is 13.2 Å². The highest BCUT2D eigenvalue weighted by Crippen LogP contribution is 2.36. The predicted molar refractivity (Wildman–Crippen MR) is 87.2 cm³/mol. The smallest absolute Gasteiger partial charge is 0.254 e. The summed E-state index contributed by atoms with van der Waals surface area (Å²) in [6, 6.07) is 15.0.